The first-order chi connectivity index (χ1) is 7.35. The fourth-order valence-electron chi connectivity index (χ4n) is 1.40. The van der Waals surface area contributed by atoms with Gasteiger partial charge in [0.2, 0.25) is 0 Å². The molecular formula is C11H12Cl2O3. The molecule has 88 valence electrons. The summed E-state index contributed by atoms with van der Waals surface area (Å²) in [5, 5.41) is 10.8. The van der Waals surface area contributed by atoms with Crippen molar-refractivity contribution < 1.29 is 14.6 Å². The van der Waals surface area contributed by atoms with E-state index in [4.69, 9.17) is 23.2 Å². The van der Waals surface area contributed by atoms with Crippen LogP contribution in [0.25, 0.3) is 0 Å². The van der Waals surface area contributed by atoms with Crippen LogP contribution in [0.15, 0.2) is 18.2 Å². The molecule has 0 fully saturated rings. The second-order valence-corrected chi connectivity index (χ2v) is 4.59. The van der Waals surface area contributed by atoms with Gasteiger partial charge in [-0.3, -0.25) is 0 Å². The third kappa shape index (κ3) is 3.37. The van der Waals surface area contributed by atoms with E-state index in [1.807, 2.05) is 0 Å². The maximum absolute atomic E-state index is 11.3. The highest BCUT2D eigenvalue weighted by atomic mass is 35.5. The number of halogens is 2. The van der Waals surface area contributed by atoms with E-state index in [1.165, 1.54) is 14.0 Å². The van der Waals surface area contributed by atoms with Crippen molar-refractivity contribution in [2.45, 2.75) is 18.9 Å². The Morgan fingerprint density at radius 3 is 2.31 bits per heavy atom. The van der Waals surface area contributed by atoms with E-state index in [0.717, 1.165) is 0 Å². The topological polar surface area (TPSA) is 46.5 Å². The van der Waals surface area contributed by atoms with Crippen LogP contribution in [0.2, 0.25) is 10.0 Å². The molecule has 1 aromatic rings. The normalized spacial score (nSPS) is 14.3. The molecule has 0 spiro atoms. The number of methoxy groups -OCH3 is 1. The molecule has 1 rings (SSSR count). The molecule has 1 N–H and O–H groups in total. The number of aliphatic hydroxyl groups is 1. The van der Waals surface area contributed by atoms with Crippen molar-refractivity contribution in [2.24, 2.45) is 0 Å². The smallest absolute Gasteiger partial charge is 0.337 e. The monoisotopic (exact) mass is 262 g/mol. The summed E-state index contributed by atoms with van der Waals surface area (Å²) in [5.74, 6) is -0.691. The summed E-state index contributed by atoms with van der Waals surface area (Å²) in [5.41, 5.74) is -0.907. The Morgan fingerprint density at radius 2 is 1.88 bits per heavy atom. The number of hydrogen-bond donors (Lipinski definition) is 1. The van der Waals surface area contributed by atoms with Gasteiger partial charge in [-0.1, -0.05) is 23.2 Å². The quantitative estimate of drug-likeness (QED) is 0.852. The molecule has 0 amide bonds. The van der Waals surface area contributed by atoms with E-state index in [-0.39, 0.29) is 6.42 Å². The summed E-state index contributed by atoms with van der Waals surface area (Å²) >= 11 is 11.6. The zero-order valence-electron chi connectivity index (χ0n) is 8.96. The van der Waals surface area contributed by atoms with Crippen LogP contribution >= 0.6 is 23.2 Å². The van der Waals surface area contributed by atoms with E-state index in [1.54, 1.807) is 18.2 Å². The van der Waals surface area contributed by atoms with Gasteiger partial charge in [0.1, 0.15) is 0 Å². The number of hydrogen-bond acceptors (Lipinski definition) is 3. The Bertz CT molecular complexity index is 382. The number of esters is 1. The SMILES string of the molecule is COC(=O)C(C)(O)Cc1cc(Cl)cc(Cl)c1. The molecule has 16 heavy (non-hydrogen) atoms. The molecule has 1 atom stereocenters. The van der Waals surface area contributed by atoms with Gasteiger partial charge in [0.05, 0.1) is 7.11 Å². The van der Waals surface area contributed by atoms with Crippen LogP contribution in [-0.2, 0) is 16.0 Å². The van der Waals surface area contributed by atoms with Gasteiger partial charge in [-0.2, -0.15) is 0 Å². The molecule has 0 aliphatic rings. The molecule has 1 unspecified atom stereocenters. The molecular weight excluding hydrogens is 251 g/mol. The molecule has 0 heterocycles. The Balaban J connectivity index is 2.91. The lowest BCUT2D eigenvalue weighted by Gasteiger charge is -2.20. The maximum Gasteiger partial charge on any atom is 0.337 e. The third-order valence-corrected chi connectivity index (χ3v) is 2.53. The van der Waals surface area contributed by atoms with Crippen LogP contribution in [-0.4, -0.2) is 23.8 Å². The van der Waals surface area contributed by atoms with Crippen LogP contribution in [0.3, 0.4) is 0 Å². The molecule has 0 saturated carbocycles. The van der Waals surface area contributed by atoms with Gasteiger partial charge >= 0.3 is 5.97 Å². The third-order valence-electron chi connectivity index (χ3n) is 2.10. The van der Waals surface area contributed by atoms with Gasteiger partial charge in [-0.15, -0.1) is 0 Å². The Morgan fingerprint density at radius 1 is 1.38 bits per heavy atom. The average Bonchev–Trinajstić information content (AvgIpc) is 2.13. The van der Waals surface area contributed by atoms with Crippen molar-refractivity contribution in [1.29, 1.82) is 0 Å². The standard InChI is InChI=1S/C11H12Cl2O3/c1-11(15,10(14)16-2)6-7-3-8(12)5-9(13)4-7/h3-5,15H,6H2,1-2H3. The predicted molar refractivity (Wildman–Crippen MR) is 62.8 cm³/mol. The van der Waals surface area contributed by atoms with Crippen LogP contribution < -0.4 is 0 Å². The summed E-state index contributed by atoms with van der Waals surface area (Å²) < 4.78 is 4.49. The minimum absolute atomic E-state index is 0.0972. The van der Waals surface area contributed by atoms with Gasteiger partial charge in [0, 0.05) is 16.5 Å². The lowest BCUT2D eigenvalue weighted by molar-refractivity contribution is -0.160. The molecule has 1 aromatic carbocycles. The van der Waals surface area contributed by atoms with Gasteiger partial charge in [0.15, 0.2) is 5.60 Å². The van der Waals surface area contributed by atoms with Crippen LogP contribution in [0.4, 0.5) is 0 Å². The summed E-state index contributed by atoms with van der Waals surface area (Å²) in [4.78, 5) is 11.3. The number of carbonyl (C=O) groups is 1. The van der Waals surface area contributed by atoms with Gasteiger partial charge < -0.3 is 9.84 Å². The van der Waals surface area contributed by atoms with E-state index < -0.39 is 11.6 Å². The first-order valence-corrected chi connectivity index (χ1v) is 5.36. The summed E-state index contributed by atoms with van der Waals surface area (Å²) in [6.07, 6.45) is 0.0972. The predicted octanol–water partition coefficient (Wildman–Crippen LogP) is 2.46. The molecule has 0 aromatic heterocycles. The Hall–Kier alpha value is -0.770. The number of benzene rings is 1. The Labute approximate surface area is 104 Å². The average molecular weight is 263 g/mol. The van der Waals surface area contributed by atoms with Crippen molar-refractivity contribution in [3.05, 3.63) is 33.8 Å². The second-order valence-electron chi connectivity index (χ2n) is 3.72. The highest BCUT2D eigenvalue weighted by Gasteiger charge is 2.31. The summed E-state index contributed by atoms with van der Waals surface area (Å²) in [6.45, 7) is 1.38. The highest BCUT2D eigenvalue weighted by molar-refractivity contribution is 6.34. The minimum Gasteiger partial charge on any atom is -0.467 e. The number of rotatable bonds is 3. The van der Waals surface area contributed by atoms with Crippen molar-refractivity contribution in [3.63, 3.8) is 0 Å². The van der Waals surface area contributed by atoms with Crippen LogP contribution in [0.5, 0.6) is 0 Å². The van der Waals surface area contributed by atoms with E-state index in [2.05, 4.69) is 4.74 Å². The minimum atomic E-state index is -1.58. The lowest BCUT2D eigenvalue weighted by atomic mass is 9.97. The molecule has 0 bridgehead atoms. The fourth-order valence-corrected chi connectivity index (χ4v) is 1.97. The first kappa shape index (κ1) is 13.3. The Kier molecular flexibility index (Phi) is 4.19. The van der Waals surface area contributed by atoms with Crippen LogP contribution in [0, 0.1) is 0 Å². The van der Waals surface area contributed by atoms with Crippen molar-refractivity contribution in [3.8, 4) is 0 Å². The van der Waals surface area contributed by atoms with Crippen LogP contribution in [0.1, 0.15) is 12.5 Å². The van der Waals surface area contributed by atoms with E-state index >= 15 is 0 Å². The highest BCUT2D eigenvalue weighted by Crippen LogP contribution is 2.22. The largest absolute Gasteiger partial charge is 0.467 e. The lowest BCUT2D eigenvalue weighted by Crippen LogP contribution is -2.38. The summed E-state index contributed by atoms with van der Waals surface area (Å²) in [6, 6.07) is 4.87. The fraction of sp³-hybridized carbons (Fsp3) is 0.364. The zero-order valence-corrected chi connectivity index (χ0v) is 10.5. The second kappa shape index (κ2) is 5.04. The number of ether oxygens (including phenoxy) is 1. The number of carbonyl (C=O) groups excluding carboxylic acids is 1. The van der Waals surface area contributed by atoms with Gasteiger partial charge in [-0.05, 0) is 30.7 Å². The van der Waals surface area contributed by atoms with Gasteiger partial charge in [0.25, 0.3) is 0 Å². The van der Waals surface area contributed by atoms with Gasteiger partial charge in [-0.25, -0.2) is 4.79 Å². The first-order valence-electron chi connectivity index (χ1n) is 4.61. The molecule has 5 heteroatoms. The molecule has 0 aliphatic heterocycles. The maximum atomic E-state index is 11.3. The van der Waals surface area contributed by atoms with Crippen molar-refractivity contribution >= 4 is 29.2 Å². The molecule has 0 radical (unpaired) electrons. The van der Waals surface area contributed by atoms with Crippen molar-refractivity contribution in [2.75, 3.05) is 7.11 Å². The van der Waals surface area contributed by atoms with E-state index in [9.17, 15) is 9.90 Å². The molecule has 3 nitrogen and oxygen atoms in total. The zero-order chi connectivity index (χ0) is 12.3. The van der Waals surface area contributed by atoms with Crippen molar-refractivity contribution in [1.82, 2.24) is 0 Å². The molecule has 0 aliphatic carbocycles. The summed E-state index contributed by atoms with van der Waals surface area (Å²) in [7, 11) is 1.22. The van der Waals surface area contributed by atoms with E-state index in [0.29, 0.717) is 15.6 Å². The molecule has 0 saturated heterocycles.